The van der Waals surface area contributed by atoms with E-state index in [0.29, 0.717) is 23.7 Å². The maximum absolute atomic E-state index is 12.6. The summed E-state index contributed by atoms with van der Waals surface area (Å²) in [6.07, 6.45) is 0.877. The second-order valence-electron chi connectivity index (χ2n) is 4.74. The largest absolute Gasteiger partial charge is 0.397 e. The van der Waals surface area contributed by atoms with Crippen molar-refractivity contribution in [1.29, 1.82) is 0 Å². The molecule has 0 radical (unpaired) electrons. The SMILES string of the molecule is Nc1c(C(=O)N2CCCOCC2)sc2cc(Br)ccc12. The van der Waals surface area contributed by atoms with Crippen LogP contribution in [0.5, 0.6) is 0 Å². The lowest BCUT2D eigenvalue weighted by Crippen LogP contribution is -2.33. The molecule has 0 bridgehead atoms. The first-order chi connectivity index (χ1) is 9.66. The van der Waals surface area contributed by atoms with Crippen molar-refractivity contribution in [2.45, 2.75) is 6.42 Å². The minimum Gasteiger partial charge on any atom is -0.397 e. The number of hydrogen-bond donors (Lipinski definition) is 1. The third-order valence-electron chi connectivity index (χ3n) is 3.39. The molecule has 1 fully saturated rings. The lowest BCUT2D eigenvalue weighted by molar-refractivity contribution is 0.0747. The summed E-state index contributed by atoms with van der Waals surface area (Å²) in [4.78, 5) is 15.1. The highest BCUT2D eigenvalue weighted by atomic mass is 79.9. The second-order valence-corrected chi connectivity index (χ2v) is 6.71. The summed E-state index contributed by atoms with van der Waals surface area (Å²) in [5.74, 6) is 0.0188. The van der Waals surface area contributed by atoms with Gasteiger partial charge in [0.05, 0.1) is 12.3 Å². The van der Waals surface area contributed by atoms with E-state index in [1.54, 1.807) is 0 Å². The van der Waals surface area contributed by atoms with Gasteiger partial charge in [0.1, 0.15) is 4.88 Å². The highest BCUT2D eigenvalue weighted by Gasteiger charge is 2.22. The fourth-order valence-corrected chi connectivity index (χ4v) is 3.98. The Hall–Kier alpha value is -1.11. The Morgan fingerprint density at radius 1 is 1.35 bits per heavy atom. The summed E-state index contributed by atoms with van der Waals surface area (Å²) in [6, 6.07) is 5.89. The van der Waals surface area contributed by atoms with Crippen molar-refractivity contribution in [2.24, 2.45) is 0 Å². The summed E-state index contributed by atoms with van der Waals surface area (Å²) in [6.45, 7) is 2.69. The smallest absolute Gasteiger partial charge is 0.266 e. The number of halogens is 1. The number of anilines is 1. The fraction of sp³-hybridized carbons (Fsp3) is 0.357. The normalized spacial score (nSPS) is 16.4. The standard InChI is InChI=1S/C14H15BrN2O2S/c15-9-2-3-10-11(8-9)20-13(12(10)16)14(18)17-4-1-6-19-7-5-17/h2-3,8H,1,4-7,16H2. The third kappa shape index (κ3) is 2.55. The zero-order chi connectivity index (χ0) is 14.1. The minimum atomic E-state index is 0.0188. The number of carbonyl (C=O) groups excluding carboxylic acids is 1. The van der Waals surface area contributed by atoms with Gasteiger partial charge in [-0.1, -0.05) is 22.0 Å². The molecule has 3 rings (SSSR count). The van der Waals surface area contributed by atoms with E-state index in [-0.39, 0.29) is 5.91 Å². The van der Waals surface area contributed by atoms with E-state index >= 15 is 0 Å². The van der Waals surface area contributed by atoms with Crippen LogP contribution in [0.1, 0.15) is 16.1 Å². The monoisotopic (exact) mass is 354 g/mol. The van der Waals surface area contributed by atoms with Gasteiger partial charge in [0, 0.05) is 34.3 Å². The molecule has 0 saturated carbocycles. The van der Waals surface area contributed by atoms with Crippen LogP contribution >= 0.6 is 27.3 Å². The van der Waals surface area contributed by atoms with Crippen molar-refractivity contribution >= 4 is 48.9 Å². The van der Waals surface area contributed by atoms with Crippen molar-refractivity contribution in [3.63, 3.8) is 0 Å². The van der Waals surface area contributed by atoms with Gasteiger partial charge < -0.3 is 15.4 Å². The molecule has 1 amide bonds. The van der Waals surface area contributed by atoms with Gasteiger partial charge in [0.15, 0.2) is 0 Å². The molecule has 1 saturated heterocycles. The van der Waals surface area contributed by atoms with E-state index in [9.17, 15) is 4.79 Å². The molecule has 6 heteroatoms. The molecule has 1 aromatic carbocycles. The number of benzene rings is 1. The average Bonchev–Trinajstić information content (AvgIpc) is 2.65. The van der Waals surface area contributed by atoms with Crippen LogP contribution in [0.3, 0.4) is 0 Å². The van der Waals surface area contributed by atoms with Crippen molar-refractivity contribution in [2.75, 3.05) is 32.0 Å². The predicted molar refractivity (Wildman–Crippen MR) is 85.3 cm³/mol. The topological polar surface area (TPSA) is 55.6 Å². The zero-order valence-corrected chi connectivity index (χ0v) is 13.3. The first-order valence-electron chi connectivity index (χ1n) is 6.51. The van der Waals surface area contributed by atoms with Crippen LogP contribution in [0.15, 0.2) is 22.7 Å². The molecular weight excluding hydrogens is 340 g/mol. The van der Waals surface area contributed by atoms with Crippen molar-refractivity contribution in [3.8, 4) is 0 Å². The van der Waals surface area contributed by atoms with Gasteiger partial charge in [-0.25, -0.2) is 0 Å². The molecule has 4 nitrogen and oxygen atoms in total. The highest BCUT2D eigenvalue weighted by Crippen LogP contribution is 2.36. The number of nitrogens with two attached hydrogens (primary N) is 1. The van der Waals surface area contributed by atoms with Crippen LogP contribution in [-0.2, 0) is 4.74 Å². The van der Waals surface area contributed by atoms with Gasteiger partial charge in [-0.15, -0.1) is 11.3 Å². The number of amides is 1. The van der Waals surface area contributed by atoms with E-state index < -0.39 is 0 Å². The fourth-order valence-electron chi connectivity index (χ4n) is 2.34. The number of rotatable bonds is 1. The lowest BCUT2D eigenvalue weighted by Gasteiger charge is -2.18. The quantitative estimate of drug-likeness (QED) is 0.855. The number of carbonyl (C=O) groups is 1. The van der Waals surface area contributed by atoms with E-state index in [2.05, 4.69) is 15.9 Å². The average molecular weight is 355 g/mol. The summed E-state index contributed by atoms with van der Waals surface area (Å²) in [5.41, 5.74) is 6.74. The van der Waals surface area contributed by atoms with E-state index in [4.69, 9.17) is 10.5 Å². The molecule has 0 unspecified atom stereocenters. The van der Waals surface area contributed by atoms with Gasteiger partial charge in [0.25, 0.3) is 5.91 Å². The number of ether oxygens (including phenoxy) is 1. The number of nitrogen functional groups attached to an aromatic ring is 1. The minimum absolute atomic E-state index is 0.0188. The molecule has 1 aromatic heterocycles. The van der Waals surface area contributed by atoms with Gasteiger partial charge >= 0.3 is 0 Å². The lowest BCUT2D eigenvalue weighted by atomic mass is 10.2. The molecule has 2 N–H and O–H groups in total. The number of hydrogen-bond acceptors (Lipinski definition) is 4. The number of nitrogens with zero attached hydrogens (tertiary/aromatic N) is 1. The second kappa shape index (κ2) is 5.71. The van der Waals surface area contributed by atoms with Crippen LogP contribution in [0.2, 0.25) is 0 Å². The number of thiophene rings is 1. The highest BCUT2D eigenvalue weighted by molar-refractivity contribution is 9.10. The van der Waals surface area contributed by atoms with Crippen LogP contribution in [0, 0.1) is 0 Å². The Morgan fingerprint density at radius 2 is 2.20 bits per heavy atom. The Balaban J connectivity index is 1.96. The maximum Gasteiger partial charge on any atom is 0.266 e. The Bertz CT molecular complexity index is 648. The molecule has 1 aliphatic rings. The van der Waals surface area contributed by atoms with Crippen molar-refractivity contribution in [3.05, 3.63) is 27.5 Å². The Labute approximate surface area is 129 Å². The van der Waals surface area contributed by atoms with Crippen LogP contribution in [0.4, 0.5) is 5.69 Å². The molecular formula is C14H15BrN2O2S. The van der Waals surface area contributed by atoms with Gasteiger partial charge in [-0.05, 0) is 18.6 Å². The summed E-state index contributed by atoms with van der Waals surface area (Å²) >= 11 is 4.90. The molecule has 1 aliphatic heterocycles. The van der Waals surface area contributed by atoms with Crippen molar-refractivity contribution in [1.82, 2.24) is 4.90 Å². The van der Waals surface area contributed by atoms with Crippen LogP contribution in [0.25, 0.3) is 10.1 Å². The molecule has 20 heavy (non-hydrogen) atoms. The summed E-state index contributed by atoms with van der Waals surface area (Å²) in [7, 11) is 0. The van der Waals surface area contributed by atoms with E-state index in [1.165, 1.54) is 11.3 Å². The van der Waals surface area contributed by atoms with Crippen molar-refractivity contribution < 1.29 is 9.53 Å². The van der Waals surface area contributed by atoms with E-state index in [0.717, 1.165) is 34.1 Å². The van der Waals surface area contributed by atoms with E-state index in [1.807, 2.05) is 23.1 Å². The van der Waals surface area contributed by atoms with Gasteiger partial charge in [0.2, 0.25) is 0 Å². The molecule has 2 aromatic rings. The predicted octanol–water partition coefficient (Wildman–Crippen LogP) is 3.11. The van der Waals surface area contributed by atoms with Gasteiger partial charge in [-0.3, -0.25) is 4.79 Å². The van der Waals surface area contributed by atoms with Gasteiger partial charge in [-0.2, -0.15) is 0 Å². The molecule has 106 valence electrons. The van der Waals surface area contributed by atoms with Crippen LogP contribution in [-0.4, -0.2) is 37.1 Å². The first kappa shape index (κ1) is 13.9. The molecule has 0 atom stereocenters. The zero-order valence-electron chi connectivity index (χ0n) is 10.9. The summed E-state index contributed by atoms with van der Waals surface area (Å²) in [5, 5.41) is 0.952. The molecule has 0 aliphatic carbocycles. The Morgan fingerprint density at radius 3 is 3.05 bits per heavy atom. The summed E-state index contributed by atoms with van der Waals surface area (Å²) < 4.78 is 7.42. The van der Waals surface area contributed by atoms with Crippen LogP contribution < -0.4 is 5.73 Å². The molecule has 2 heterocycles. The Kier molecular flexibility index (Phi) is 3.96. The maximum atomic E-state index is 12.6. The number of fused-ring (bicyclic) bond motifs is 1. The first-order valence-corrected chi connectivity index (χ1v) is 8.12. The molecule has 0 spiro atoms. The third-order valence-corrected chi connectivity index (χ3v) is 5.04.